The molecule has 2 aliphatic rings. The van der Waals surface area contributed by atoms with Gasteiger partial charge in [0.1, 0.15) is 5.82 Å². The number of amidine groups is 1. The number of aliphatic imine (C=N–C) groups is 1. The summed E-state index contributed by atoms with van der Waals surface area (Å²) >= 11 is 3.47. The van der Waals surface area contributed by atoms with Crippen LogP contribution in [0, 0.1) is 0 Å². The number of hydrogen-bond acceptors (Lipinski definition) is 6. The molecule has 0 unspecified atom stereocenters. The zero-order valence-corrected chi connectivity index (χ0v) is 17.0. The van der Waals surface area contributed by atoms with Crippen LogP contribution in [0.15, 0.2) is 76.3 Å². The van der Waals surface area contributed by atoms with Gasteiger partial charge in [-0.1, -0.05) is 34.6 Å². The Bertz CT molecular complexity index is 952. The van der Waals surface area contributed by atoms with Crippen molar-refractivity contribution in [2.45, 2.75) is 13.0 Å². The molecular formula is C21H22BrN5O. The van der Waals surface area contributed by atoms with Gasteiger partial charge < -0.3 is 21.1 Å². The number of ether oxygens (including phenoxy) is 1. The monoisotopic (exact) mass is 439 g/mol. The Morgan fingerprint density at radius 3 is 2.82 bits per heavy atom. The van der Waals surface area contributed by atoms with Gasteiger partial charge in [-0.2, -0.15) is 0 Å². The van der Waals surface area contributed by atoms with E-state index in [4.69, 9.17) is 10.5 Å². The summed E-state index contributed by atoms with van der Waals surface area (Å²) in [6.07, 6.45) is 2.89. The van der Waals surface area contributed by atoms with E-state index in [1.807, 2.05) is 29.3 Å². The predicted octanol–water partition coefficient (Wildman–Crippen LogP) is 3.92. The summed E-state index contributed by atoms with van der Waals surface area (Å²) in [5.74, 6) is 2.71. The van der Waals surface area contributed by atoms with Gasteiger partial charge in [0.05, 0.1) is 11.9 Å². The number of nitrogens with one attached hydrogen (secondary N) is 2. The van der Waals surface area contributed by atoms with Gasteiger partial charge in [-0.05, 0) is 55.4 Å². The van der Waals surface area contributed by atoms with E-state index in [0.717, 1.165) is 41.1 Å². The van der Waals surface area contributed by atoms with Crippen molar-refractivity contribution in [3.63, 3.8) is 0 Å². The molecule has 0 radical (unpaired) electrons. The van der Waals surface area contributed by atoms with Crippen LogP contribution in [0.5, 0.6) is 5.75 Å². The second-order valence-electron chi connectivity index (χ2n) is 6.59. The van der Waals surface area contributed by atoms with Crippen molar-refractivity contribution in [1.29, 1.82) is 0 Å². The molecule has 0 saturated heterocycles. The number of hydrogen-bond donors (Lipinski definition) is 3. The van der Waals surface area contributed by atoms with E-state index in [9.17, 15) is 0 Å². The highest BCUT2D eigenvalue weighted by atomic mass is 79.9. The standard InChI is InChI=1S/C21H22BrN5O/c1-14-25-21-20(28-19-8-5-16(22)11-18(19)26-21)13-27(14)17-6-3-15(4-7-17)12-24-10-2-9-23/h3-8,11,13,24H,1-2,9-10,12,23H2,(H,25,26). The number of benzene rings is 2. The molecule has 0 fully saturated rings. The van der Waals surface area contributed by atoms with Crippen LogP contribution in [0.4, 0.5) is 11.4 Å². The van der Waals surface area contributed by atoms with Crippen LogP contribution in [-0.4, -0.2) is 18.9 Å². The maximum atomic E-state index is 6.03. The first-order valence-corrected chi connectivity index (χ1v) is 9.96. The lowest BCUT2D eigenvalue weighted by Crippen LogP contribution is -2.31. The minimum absolute atomic E-state index is 0.627. The molecule has 28 heavy (non-hydrogen) atoms. The third-order valence-electron chi connectivity index (χ3n) is 4.51. The lowest BCUT2D eigenvalue weighted by Gasteiger charge is -2.30. The Balaban J connectivity index is 1.50. The Morgan fingerprint density at radius 1 is 1.21 bits per heavy atom. The van der Waals surface area contributed by atoms with Crippen molar-refractivity contribution in [3.05, 3.63) is 76.9 Å². The molecule has 4 N–H and O–H groups in total. The van der Waals surface area contributed by atoms with Gasteiger partial charge in [0, 0.05) is 16.7 Å². The van der Waals surface area contributed by atoms with E-state index in [0.29, 0.717) is 24.0 Å². The van der Waals surface area contributed by atoms with Gasteiger partial charge in [0.2, 0.25) is 0 Å². The van der Waals surface area contributed by atoms with E-state index in [1.54, 1.807) is 0 Å². The van der Waals surface area contributed by atoms with Crippen LogP contribution < -0.4 is 26.0 Å². The van der Waals surface area contributed by atoms with E-state index in [-0.39, 0.29) is 0 Å². The fourth-order valence-corrected chi connectivity index (χ4v) is 3.41. The Morgan fingerprint density at radius 2 is 2.04 bits per heavy atom. The minimum atomic E-state index is 0.627. The third kappa shape index (κ3) is 3.96. The van der Waals surface area contributed by atoms with E-state index >= 15 is 0 Å². The van der Waals surface area contributed by atoms with Crippen molar-refractivity contribution >= 4 is 33.1 Å². The van der Waals surface area contributed by atoms with Crippen molar-refractivity contribution in [3.8, 4) is 5.75 Å². The summed E-state index contributed by atoms with van der Waals surface area (Å²) in [4.78, 5) is 6.51. The summed E-state index contributed by atoms with van der Waals surface area (Å²) in [6.45, 7) is 6.55. The molecule has 0 aromatic heterocycles. The van der Waals surface area contributed by atoms with Crippen molar-refractivity contribution in [2.24, 2.45) is 10.7 Å². The minimum Gasteiger partial charge on any atom is -0.450 e. The second-order valence-corrected chi connectivity index (χ2v) is 7.51. The first-order valence-electron chi connectivity index (χ1n) is 9.17. The molecule has 0 atom stereocenters. The van der Waals surface area contributed by atoms with Gasteiger partial charge in [-0.3, -0.25) is 4.90 Å². The van der Waals surface area contributed by atoms with Crippen molar-refractivity contribution in [2.75, 3.05) is 23.3 Å². The third-order valence-corrected chi connectivity index (χ3v) is 5.01. The summed E-state index contributed by atoms with van der Waals surface area (Å²) in [6, 6.07) is 14.1. The topological polar surface area (TPSA) is 74.9 Å². The van der Waals surface area contributed by atoms with Gasteiger partial charge in [-0.15, -0.1) is 0 Å². The average Bonchev–Trinajstić information content (AvgIpc) is 2.70. The Labute approximate surface area is 172 Å². The molecule has 4 rings (SSSR count). The maximum absolute atomic E-state index is 6.03. The van der Waals surface area contributed by atoms with Crippen LogP contribution in [-0.2, 0) is 6.54 Å². The largest absolute Gasteiger partial charge is 0.450 e. The first-order chi connectivity index (χ1) is 13.6. The molecule has 7 heteroatoms. The van der Waals surface area contributed by atoms with Gasteiger partial charge >= 0.3 is 0 Å². The predicted molar refractivity (Wildman–Crippen MR) is 117 cm³/mol. The molecule has 144 valence electrons. The number of nitrogens with two attached hydrogens (primary N) is 1. The molecular weight excluding hydrogens is 418 g/mol. The number of nitrogens with zero attached hydrogens (tertiary/aromatic N) is 2. The number of anilines is 2. The quantitative estimate of drug-likeness (QED) is 0.594. The summed E-state index contributed by atoms with van der Waals surface area (Å²) in [5.41, 5.74) is 8.59. The summed E-state index contributed by atoms with van der Waals surface area (Å²) < 4.78 is 7.01. The van der Waals surface area contributed by atoms with Crippen LogP contribution in [0.25, 0.3) is 0 Å². The molecule has 2 aromatic carbocycles. The zero-order valence-electron chi connectivity index (χ0n) is 15.4. The number of fused-ring (bicyclic) bond motifs is 2. The molecule has 2 heterocycles. The molecule has 0 saturated carbocycles. The molecule has 6 nitrogen and oxygen atoms in total. The Kier molecular flexibility index (Phi) is 5.47. The fraction of sp³-hybridized carbons (Fsp3) is 0.190. The van der Waals surface area contributed by atoms with Gasteiger partial charge in [0.25, 0.3) is 0 Å². The smallest absolute Gasteiger partial charge is 0.186 e. The second kappa shape index (κ2) is 8.18. The lowest BCUT2D eigenvalue weighted by atomic mass is 10.2. The summed E-state index contributed by atoms with van der Waals surface area (Å²) in [5, 5.41) is 6.69. The number of rotatable bonds is 6. The molecule has 0 aliphatic carbocycles. The van der Waals surface area contributed by atoms with Gasteiger partial charge in [-0.25, -0.2) is 4.99 Å². The highest BCUT2D eigenvalue weighted by molar-refractivity contribution is 9.10. The Hall–Kier alpha value is -2.61. The molecule has 0 bridgehead atoms. The van der Waals surface area contributed by atoms with E-state index < -0.39 is 0 Å². The van der Waals surface area contributed by atoms with Crippen LogP contribution in [0.3, 0.4) is 0 Å². The van der Waals surface area contributed by atoms with Crippen LogP contribution in [0.2, 0.25) is 0 Å². The van der Waals surface area contributed by atoms with E-state index in [1.165, 1.54) is 5.56 Å². The molecule has 0 spiro atoms. The van der Waals surface area contributed by atoms with E-state index in [2.05, 4.69) is 62.4 Å². The van der Waals surface area contributed by atoms with Crippen molar-refractivity contribution < 1.29 is 4.74 Å². The number of halogens is 1. The normalized spacial score (nSPS) is 15.1. The van der Waals surface area contributed by atoms with Crippen LogP contribution >= 0.6 is 15.9 Å². The SMILES string of the molecule is C=C1N=C2Nc3cc(Br)ccc3OC2=CN1c1ccc(CNCCCN)cc1. The van der Waals surface area contributed by atoms with Gasteiger partial charge in [0.15, 0.2) is 17.3 Å². The lowest BCUT2D eigenvalue weighted by molar-refractivity contribution is 0.446. The fourth-order valence-electron chi connectivity index (χ4n) is 3.05. The van der Waals surface area contributed by atoms with Crippen LogP contribution in [0.1, 0.15) is 12.0 Å². The van der Waals surface area contributed by atoms with Crippen molar-refractivity contribution in [1.82, 2.24) is 5.32 Å². The summed E-state index contributed by atoms with van der Waals surface area (Å²) in [7, 11) is 0. The molecule has 2 aromatic rings. The zero-order chi connectivity index (χ0) is 19.5. The highest BCUT2D eigenvalue weighted by Gasteiger charge is 2.26. The highest BCUT2D eigenvalue weighted by Crippen LogP contribution is 2.36. The average molecular weight is 440 g/mol. The maximum Gasteiger partial charge on any atom is 0.186 e. The molecule has 2 aliphatic heterocycles. The molecule has 0 amide bonds. The first kappa shape index (κ1) is 18.7.